The number of H-pyrrole nitrogens is 1. The molecule has 7 heteroatoms. The van der Waals surface area contributed by atoms with Gasteiger partial charge in [0.25, 0.3) is 0 Å². The maximum atomic E-state index is 13.3. The summed E-state index contributed by atoms with van der Waals surface area (Å²) < 4.78 is 28.2. The fourth-order valence-corrected chi connectivity index (χ4v) is 5.51. The number of aryl methyl sites for hydroxylation is 1. The van der Waals surface area contributed by atoms with Crippen LogP contribution in [-0.2, 0) is 16.4 Å². The number of nitrogens with zero attached hydrogens (tertiary/aromatic N) is 3. The van der Waals surface area contributed by atoms with Crippen LogP contribution in [0.15, 0.2) is 41.6 Å². The molecule has 1 atom stereocenters. The third-order valence-corrected chi connectivity index (χ3v) is 7.37. The van der Waals surface area contributed by atoms with Crippen molar-refractivity contribution in [2.75, 3.05) is 26.2 Å². The lowest BCUT2D eigenvalue weighted by molar-refractivity contribution is 0.119. The van der Waals surface area contributed by atoms with Gasteiger partial charge in [0.15, 0.2) is 0 Å². The van der Waals surface area contributed by atoms with Crippen LogP contribution in [0.4, 0.5) is 0 Å². The summed E-state index contributed by atoms with van der Waals surface area (Å²) in [7, 11) is -3.46. The number of fused-ring (bicyclic) bond motifs is 1. The van der Waals surface area contributed by atoms with Crippen molar-refractivity contribution in [1.29, 1.82) is 0 Å². The Morgan fingerprint density at radius 3 is 2.85 bits per heavy atom. The molecule has 0 saturated carbocycles. The summed E-state index contributed by atoms with van der Waals surface area (Å²) in [5.41, 5.74) is 2.24. The minimum atomic E-state index is -3.46. The molecule has 2 heterocycles. The fraction of sp³-hybridized carbons (Fsp3) is 0.421. The lowest BCUT2D eigenvalue weighted by atomic mass is 9.98. The standard InChI is InChI=1S/C19H24N4O2S/c1-2-22-11-12-23(14-18(22)19-20-9-10-21-19)26(24,25)17-8-7-15-5-3-4-6-16(15)13-17/h3-6,9-10,13,18H,2,7-8,11-12,14H2,1H3,(H,20,21)/t18-/m0/s1. The molecule has 4 rings (SSSR count). The number of allylic oxidation sites excluding steroid dienone is 1. The number of hydrogen-bond acceptors (Lipinski definition) is 4. The zero-order valence-electron chi connectivity index (χ0n) is 14.9. The zero-order valence-corrected chi connectivity index (χ0v) is 15.7. The molecule has 2 aliphatic rings. The summed E-state index contributed by atoms with van der Waals surface area (Å²) in [6.07, 6.45) is 6.70. The number of aromatic nitrogens is 2. The molecule has 0 bridgehead atoms. The van der Waals surface area contributed by atoms with Crippen molar-refractivity contribution >= 4 is 16.1 Å². The molecule has 26 heavy (non-hydrogen) atoms. The Labute approximate surface area is 154 Å². The molecule has 138 valence electrons. The van der Waals surface area contributed by atoms with Gasteiger partial charge in [0.05, 0.1) is 10.9 Å². The largest absolute Gasteiger partial charge is 0.347 e. The van der Waals surface area contributed by atoms with Crippen molar-refractivity contribution in [2.45, 2.75) is 25.8 Å². The Hall–Kier alpha value is -1.96. The van der Waals surface area contributed by atoms with Gasteiger partial charge in [-0.3, -0.25) is 4.90 Å². The van der Waals surface area contributed by atoms with Crippen molar-refractivity contribution < 1.29 is 8.42 Å². The summed E-state index contributed by atoms with van der Waals surface area (Å²) in [5, 5.41) is 0. The Morgan fingerprint density at radius 2 is 2.08 bits per heavy atom. The third kappa shape index (κ3) is 3.11. The van der Waals surface area contributed by atoms with Crippen molar-refractivity contribution in [3.63, 3.8) is 0 Å². The first kappa shape index (κ1) is 17.5. The molecule has 1 aromatic carbocycles. The van der Waals surface area contributed by atoms with E-state index in [2.05, 4.69) is 27.9 Å². The third-order valence-electron chi connectivity index (χ3n) is 5.38. The van der Waals surface area contributed by atoms with Crippen LogP contribution in [0.5, 0.6) is 0 Å². The first-order valence-corrected chi connectivity index (χ1v) is 10.6. The van der Waals surface area contributed by atoms with Gasteiger partial charge in [-0.15, -0.1) is 0 Å². The van der Waals surface area contributed by atoms with E-state index in [-0.39, 0.29) is 6.04 Å². The highest BCUT2D eigenvalue weighted by Crippen LogP contribution is 2.32. The van der Waals surface area contributed by atoms with Gasteiger partial charge in [-0.1, -0.05) is 31.2 Å². The second-order valence-electron chi connectivity index (χ2n) is 6.79. The van der Waals surface area contributed by atoms with Gasteiger partial charge in [-0.25, -0.2) is 13.4 Å². The molecule has 1 aliphatic carbocycles. The molecule has 0 radical (unpaired) electrons. The molecule has 0 spiro atoms. The minimum Gasteiger partial charge on any atom is -0.347 e. The Kier molecular flexibility index (Phi) is 4.69. The number of rotatable bonds is 4. The molecule has 1 aliphatic heterocycles. The fourth-order valence-electron chi connectivity index (χ4n) is 3.89. The van der Waals surface area contributed by atoms with E-state index in [9.17, 15) is 8.42 Å². The van der Waals surface area contributed by atoms with Crippen LogP contribution in [0, 0.1) is 0 Å². The molecule has 2 aromatic rings. The molecule has 1 saturated heterocycles. The van der Waals surface area contributed by atoms with E-state index in [1.807, 2.05) is 24.3 Å². The predicted molar refractivity (Wildman–Crippen MR) is 102 cm³/mol. The molecule has 0 unspecified atom stereocenters. The first-order valence-electron chi connectivity index (χ1n) is 9.11. The lowest BCUT2D eigenvalue weighted by Crippen LogP contribution is -2.50. The number of imidazole rings is 1. The van der Waals surface area contributed by atoms with Crippen LogP contribution < -0.4 is 0 Å². The Bertz CT molecular complexity index is 905. The highest BCUT2D eigenvalue weighted by atomic mass is 32.2. The quantitative estimate of drug-likeness (QED) is 0.895. The summed E-state index contributed by atoms with van der Waals surface area (Å²) >= 11 is 0. The molecule has 0 amide bonds. The average Bonchev–Trinajstić information content (AvgIpc) is 3.21. The SMILES string of the molecule is CCN1CCN(S(=O)(=O)C2=Cc3ccccc3CC2)C[C@H]1c1ncc[nH]1. The minimum absolute atomic E-state index is 0.0324. The van der Waals surface area contributed by atoms with E-state index in [1.54, 1.807) is 16.7 Å². The van der Waals surface area contributed by atoms with Gasteiger partial charge in [-0.2, -0.15) is 4.31 Å². The first-order chi connectivity index (χ1) is 12.6. The molecule has 6 nitrogen and oxygen atoms in total. The molecule has 1 N–H and O–H groups in total. The Balaban J connectivity index is 1.61. The maximum Gasteiger partial charge on any atom is 0.239 e. The van der Waals surface area contributed by atoms with E-state index in [4.69, 9.17) is 0 Å². The number of sulfonamides is 1. The van der Waals surface area contributed by atoms with Gasteiger partial charge in [0.2, 0.25) is 10.0 Å². The smallest absolute Gasteiger partial charge is 0.239 e. The van der Waals surface area contributed by atoms with E-state index < -0.39 is 10.0 Å². The number of aromatic amines is 1. The average molecular weight is 372 g/mol. The molecule has 1 fully saturated rings. The van der Waals surface area contributed by atoms with Crippen LogP contribution in [0.1, 0.15) is 36.3 Å². The molecular weight excluding hydrogens is 348 g/mol. The monoisotopic (exact) mass is 372 g/mol. The number of hydrogen-bond donors (Lipinski definition) is 1. The van der Waals surface area contributed by atoms with Gasteiger partial charge < -0.3 is 4.98 Å². The highest BCUT2D eigenvalue weighted by molar-refractivity contribution is 7.93. The van der Waals surface area contributed by atoms with Crippen molar-refractivity contribution in [3.05, 3.63) is 58.5 Å². The van der Waals surface area contributed by atoms with Crippen LogP contribution in [0.3, 0.4) is 0 Å². The van der Waals surface area contributed by atoms with Crippen molar-refractivity contribution in [2.24, 2.45) is 0 Å². The second-order valence-corrected chi connectivity index (χ2v) is 8.78. The summed E-state index contributed by atoms with van der Waals surface area (Å²) in [6.45, 7) is 4.63. The van der Waals surface area contributed by atoms with E-state index in [0.717, 1.165) is 24.4 Å². The van der Waals surface area contributed by atoms with Gasteiger partial charge in [0.1, 0.15) is 5.82 Å². The van der Waals surface area contributed by atoms with E-state index in [0.29, 0.717) is 31.0 Å². The predicted octanol–water partition coefficient (Wildman–Crippen LogP) is 2.41. The summed E-state index contributed by atoms with van der Waals surface area (Å²) in [6, 6.07) is 7.99. The van der Waals surface area contributed by atoms with Gasteiger partial charge in [-0.05, 0) is 36.6 Å². The van der Waals surface area contributed by atoms with Crippen LogP contribution in [0.2, 0.25) is 0 Å². The summed E-state index contributed by atoms with van der Waals surface area (Å²) in [4.78, 5) is 10.3. The highest BCUT2D eigenvalue weighted by Gasteiger charge is 2.36. The maximum absolute atomic E-state index is 13.3. The van der Waals surface area contributed by atoms with Crippen molar-refractivity contribution in [1.82, 2.24) is 19.2 Å². The van der Waals surface area contributed by atoms with E-state index in [1.165, 1.54) is 5.56 Å². The number of nitrogens with one attached hydrogen (secondary N) is 1. The molecule has 1 aromatic heterocycles. The number of likely N-dealkylation sites (N-methyl/N-ethyl adjacent to an activating group) is 1. The molecular formula is C19H24N4O2S. The normalized spacial score (nSPS) is 22.0. The Morgan fingerprint density at radius 1 is 1.23 bits per heavy atom. The van der Waals surface area contributed by atoms with Crippen molar-refractivity contribution in [3.8, 4) is 0 Å². The van der Waals surface area contributed by atoms with Gasteiger partial charge >= 0.3 is 0 Å². The van der Waals surface area contributed by atoms with Crippen LogP contribution >= 0.6 is 0 Å². The lowest BCUT2D eigenvalue weighted by Gasteiger charge is -2.39. The number of piperazine rings is 1. The van der Waals surface area contributed by atoms with Crippen LogP contribution in [-0.4, -0.2) is 53.8 Å². The zero-order chi connectivity index (χ0) is 18.1. The van der Waals surface area contributed by atoms with Gasteiger partial charge in [0, 0.05) is 32.0 Å². The van der Waals surface area contributed by atoms with Crippen LogP contribution in [0.25, 0.3) is 6.08 Å². The topological polar surface area (TPSA) is 69.3 Å². The second kappa shape index (κ2) is 6.98. The van der Waals surface area contributed by atoms with E-state index >= 15 is 0 Å². The summed E-state index contributed by atoms with van der Waals surface area (Å²) in [5.74, 6) is 0.828. The number of benzene rings is 1.